The Hall–Kier alpha value is -3.14. The number of ether oxygens (including phenoxy) is 2. The number of furan rings is 1. The van der Waals surface area contributed by atoms with Gasteiger partial charge in [-0.05, 0) is 41.9 Å². The molecule has 0 fully saturated rings. The van der Waals surface area contributed by atoms with E-state index >= 15 is 0 Å². The Bertz CT molecular complexity index is 936. The van der Waals surface area contributed by atoms with Gasteiger partial charge in [0.05, 0.1) is 12.2 Å². The van der Waals surface area contributed by atoms with E-state index in [4.69, 9.17) is 19.6 Å². The van der Waals surface area contributed by atoms with E-state index in [1.54, 1.807) is 25.1 Å². The van der Waals surface area contributed by atoms with Crippen molar-refractivity contribution in [2.45, 2.75) is 13.8 Å². The number of carbonyl (C=O) groups is 4. The highest BCUT2D eigenvalue weighted by Gasteiger charge is 2.29. The van der Waals surface area contributed by atoms with Crippen LogP contribution in [-0.4, -0.2) is 37.0 Å². The van der Waals surface area contributed by atoms with E-state index in [9.17, 15) is 19.2 Å². The van der Waals surface area contributed by atoms with Crippen LogP contribution in [0.5, 0.6) is 0 Å². The van der Waals surface area contributed by atoms with E-state index in [-0.39, 0.29) is 34.9 Å². The molecule has 1 heterocycles. The molecule has 0 radical (unpaired) electrons. The van der Waals surface area contributed by atoms with Crippen molar-refractivity contribution in [3.05, 3.63) is 51.2 Å². The smallest absolute Gasteiger partial charge is 0.342 e. The average Bonchev–Trinajstić information content (AvgIpc) is 2.96. The van der Waals surface area contributed by atoms with Crippen LogP contribution in [0.4, 0.5) is 5.88 Å². The Morgan fingerprint density at radius 2 is 1.79 bits per heavy atom. The van der Waals surface area contributed by atoms with Gasteiger partial charge >= 0.3 is 11.9 Å². The highest BCUT2D eigenvalue weighted by molar-refractivity contribution is 9.10. The maximum Gasteiger partial charge on any atom is 0.342 e. The van der Waals surface area contributed by atoms with Crippen LogP contribution in [-0.2, 0) is 14.3 Å². The molecule has 0 atom stereocenters. The minimum absolute atomic E-state index is 0.0489. The molecular weight excluding hydrogens is 436 g/mol. The van der Waals surface area contributed by atoms with Crippen LogP contribution in [0, 0.1) is 6.92 Å². The van der Waals surface area contributed by atoms with E-state index in [1.807, 2.05) is 0 Å². The van der Waals surface area contributed by atoms with Gasteiger partial charge in [0.2, 0.25) is 5.88 Å². The number of esters is 2. The molecule has 0 aliphatic carbocycles. The maximum atomic E-state index is 12.1. The third-order valence-corrected chi connectivity index (χ3v) is 4.18. The number of nitrogens with one attached hydrogen (secondary N) is 1. The number of hydrogen-bond acceptors (Lipinski definition) is 7. The predicted molar refractivity (Wildman–Crippen MR) is 101 cm³/mol. The molecule has 0 aliphatic rings. The van der Waals surface area contributed by atoms with Gasteiger partial charge in [-0.2, -0.15) is 0 Å². The fourth-order valence-corrected chi connectivity index (χ4v) is 2.76. The molecule has 2 amide bonds. The molecule has 0 aliphatic heterocycles. The van der Waals surface area contributed by atoms with E-state index < -0.39 is 30.4 Å². The van der Waals surface area contributed by atoms with E-state index in [2.05, 4.69) is 21.2 Å². The number of carbonyl (C=O) groups excluding carboxylic acids is 4. The Morgan fingerprint density at radius 1 is 1.11 bits per heavy atom. The van der Waals surface area contributed by atoms with Gasteiger partial charge in [-0.1, -0.05) is 12.1 Å². The molecule has 0 unspecified atom stereocenters. The number of anilines is 1. The SMILES string of the molecule is CCOC(=O)c1c(C)oc(NC(=O)COC(=O)c2ccccc2Br)c1C(N)=O. The highest BCUT2D eigenvalue weighted by atomic mass is 79.9. The van der Waals surface area contributed by atoms with Crippen LogP contribution in [0.3, 0.4) is 0 Å². The summed E-state index contributed by atoms with van der Waals surface area (Å²) < 4.78 is 15.6. The fourth-order valence-electron chi connectivity index (χ4n) is 2.32. The first-order valence-electron chi connectivity index (χ1n) is 8.08. The molecule has 0 saturated carbocycles. The van der Waals surface area contributed by atoms with E-state index in [0.717, 1.165) is 0 Å². The first-order valence-corrected chi connectivity index (χ1v) is 8.87. The van der Waals surface area contributed by atoms with Crippen LogP contribution >= 0.6 is 15.9 Å². The molecule has 0 saturated heterocycles. The van der Waals surface area contributed by atoms with Crippen molar-refractivity contribution in [2.75, 3.05) is 18.5 Å². The van der Waals surface area contributed by atoms with Crippen LogP contribution in [0.1, 0.15) is 43.8 Å². The predicted octanol–water partition coefficient (Wildman–Crippen LogP) is 2.42. The summed E-state index contributed by atoms with van der Waals surface area (Å²) in [4.78, 5) is 47.9. The van der Waals surface area contributed by atoms with Crippen molar-refractivity contribution in [3.63, 3.8) is 0 Å². The van der Waals surface area contributed by atoms with Crippen LogP contribution in [0.15, 0.2) is 33.2 Å². The minimum Gasteiger partial charge on any atom is -0.462 e. The first-order chi connectivity index (χ1) is 13.3. The summed E-state index contributed by atoms with van der Waals surface area (Å²) in [5, 5.41) is 2.27. The lowest BCUT2D eigenvalue weighted by Crippen LogP contribution is -2.23. The molecule has 2 aromatic rings. The summed E-state index contributed by atoms with van der Waals surface area (Å²) in [7, 11) is 0. The van der Waals surface area contributed by atoms with Crippen LogP contribution in [0.2, 0.25) is 0 Å². The van der Waals surface area contributed by atoms with Crippen molar-refractivity contribution >= 4 is 45.6 Å². The van der Waals surface area contributed by atoms with Gasteiger partial charge in [0, 0.05) is 4.47 Å². The molecular formula is C18H17BrN2O7. The van der Waals surface area contributed by atoms with Crippen molar-refractivity contribution in [1.82, 2.24) is 0 Å². The summed E-state index contributed by atoms with van der Waals surface area (Å²) in [5.74, 6) is -3.57. The topological polar surface area (TPSA) is 138 Å². The largest absolute Gasteiger partial charge is 0.462 e. The molecule has 1 aromatic carbocycles. The average molecular weight is 453 g/mol. The summed E-state index contributed by atoms with van der Waals surface area (Å²) in [6.45, 7) is 2.45. The molecule has 9 nitrogen and oxygen atoms in total. The molecule has 28 heavy (non-hydrogen) atoms. The summed E-state index contributed by atoms with van der Waals surface area (Å²) in [6, 6.07) is 6.54. The second-order valence-corrected chi connectivity index (χ2v) is 6.28. The van der Waals surface area contributed by atoms with E-state index in [1.165, 1.54) is 13.0 Å². The molecule has 3 N–H and O–H groups in total. The maximum absolute atomic E-state index is 12.1. The van der Waals surface area contributed by atoms with Gasteiger partial charge < -0.3 is 19.6 Å². The first kappa shape index (κ1) is 21.2. The van der Waals surface area contributed by atoms with Gasteiger partial charge in [-0.15, -0.1) is 0 Å². The van der Waals surface area contributed by atoms with Gasteiger partial charge in [0.25, 0.3) is 11.8 Å². The second kappa shape index (κ2) is 9.18. The quantitative estimate of drug-likeness (QED) is 0.614. The summed E-state index contributed by atoms with van der Waals surface area (Å²) >= 11 is 3.21. The normalized spacial score (nSPS) is 10.2. The number of benzene rings is 1. The number of nitrogens with two attached hydrogens (primary N) is 1. The fraction of sp³-hybridized carbons (Fsp3) is 0.222. The zero-order chi connectivity index (χ0) is 20.8. The lowest BCUT2D eigenvalue weighted by Gasteiger charge is -2.07. The molecule has 0 bridgehead atoms. The van der Waals surface area contributed by atoms with Crippen molar-refractivity contribution < 1.29 is 33.1 Å². The lowest BCUT2D eigenvalue weighted by molar-refractivity contribution is -0.119. The molecule has 10 heteroatoms. The van der Waals surface area contributed by atoms with Crippen molar-refractivity contribution in [2.24, 2.45) is 5.73 Å². The van der Waals surface area contributed by atoms with Gasteiger partial charge in [0.15, 0.2) is 6.61 Å². The molecule has 2 rings (SSSR count). The van der Waals surface area contributed by atoms with Gasteiger partial charge in [-0.25, -0.2) is 9.59 Å². The van der Waals surface area contributed by atoms with Crippen molar-refractivity contribution in [1.29, 1.82) is 0 Å². The zero-order valence-corrected chi connectivity index (χ0v) is 16.6. The monoisotopic (exact) mass is 452 g/mol. The Balaban J connectivity index is 2.12. The Morgan fingerprint density at radius 3 is 2.39 bits per heavy atom. The van der Waals surface area contributed by atoms with Crippen molar-refractivity contribution in [3.8, 4) is 0 Å². The third-order valence-electron chi connectivity index (χ3n) is 3.49. The number of aryl methyl sites for hydroxylation is 1. The number of amides is 2. The van der Waals surface area contributed by atoms with E-state index in [0.29, 0.717) is 4.47 Å². The number of primary amides is 1. The number of rotatable bonds is 7. The highest BCUT2D eigenvalue weighted by Crippen LogP contribution is 2.27. The summed E-state index contributed by atoms with van der Waals surface area (Å²) in [5.41, 5.74) is 5.06. The lowest BCUT2D eigenvalue weighted by atomic mass is 10.1. The second-order valence-electron chi connectivity index (χ2n) is 5.43. The summed E-state index contributed by atoms with van der Waals surface area (Å²) in [6.07, 6.45) is 0. The number of hydrogen-bond donors (Lipinski definition) is 2. The minimum atomic E-state index is -0.986. The van der Waals surface area contributed by atoms with Crippen LogP contribution in [0.25, 0.3) is 0 Å². The number of halogens is 1. The molecule has 148 valence electrons. The van der Waals surface area contributed by atoms with Gasteiger partial charge in [-0.3, -0.25) is 14.9 Å². The molecule has 0 spiro atoms. The van der Waals surface area contributed by atoms with Gasteiger partial charge in [0.1, 0.15) is 16.9 Å². The van der Waals surface area contributed by atoms with Crippen LogP contribution < -0.4 is 11.1 Å². The zero-order valence-electron chi connectivity index (χ0n) is 15.0. The Kier molecular flexibility index (Phi) is 6.94. The Labute approximate surface area is 168 Å². The molecule has 1 aromatic heterocycles. The third kappa shape index (κ3) is 4.77. The standard InChI is InChI=1S/C18H17BrN2O7/c1-3-26-18(25)13-9(2)28-16(14(13)15(20)23)21-12(22)8-27-17(24)10-6-4-5-7-11(10)19/h4-7H,3,8H2,1-2H3,(H2,20,23)(H,21,22).